The lowest BCUT2D eigenvalue weighted by Crippen LogP contribution is -2.39. The third-order valence-corrected chi connectivity index (χ3v) is 4.10. The van der Waals surface area contributed by atoms with Crippen LogP contribution in [0.2, 0.25) is 0 Å². The van der Waals surface area contributed by atoms with Crippen molar-refractivity contribution in [1.29, 1.82) is 0 Å². The fourth-order valence-corrected chi connectivity index (χ4v) is 2.99. The zero-order valence-electron chi connectivity index (χ0n) is 11.4. The number of aryl methyl sites for hydroxylation is 1. The molecule has 1 unspecified atom stereocenters. The van der Waals surface area contributed by atoms with Gasteiger partial charge in [-0.15, -0.1) is 0 Å². The van der Waals surface area contributed by atoms with Crippen LogP contribution in [0.4, 0.5) is 0 Å². The second-order valence-corrected chi connectivity index (χ2v) is 5.45. The van der Waals surface area contributed by atoms with Crippen molar-refractivity contribution in [3.63, 3.8) is 0 Å². The maximum Gasteiger partial charge on any atom is 0.243 e. The molecule has 0 saturated carbocycles. The molecule has 2 aliphatic rings. The summed E-state index contributed by atoms with van der Waals surface area (Å²) in [5.41, 5.74) is 3.77. The number of amides is 1. The number of hydrogen-bond acceptors (Lipinski definition) is 2. The Balaban J connectivity index is 1.94. The van der Waals surface area contributed by atoms with E-state index in [0.29, 0.717) is 12.3 Å². The van der Waals surface area contributed by atoms with Crippen molar-refractivity contribution in [2.45, 2.75) is 39.0 Å². The lowest BCUT2D eigenvalue weighted by molar-refractivity contribution is -0.132. The van der Waals surface area contributed by atoms with Gasteiger partial charge in [0, 0.05) is 24.4 Å². The van der Waals surface area contributed by atoms with Crippen LogP contribution in [-0.4, -0.2) is 23.2 Å². The van der Waals surface area contributed by atoms with Crippen LogP contribution >= 0.6 is 0 Å². The Kier molecular flexibility index (Phi) is 3.36. The fourth-order valence-electron chi connectivity index (χ4n) is 2.99. The standard InChI is InChI=1S/C16H20N2O/c1-2-3-10-18-15(19)11-13-9-8-12-6-4-5-7-14(12)16(13)17-18/h4-7,13H,2-3,8-11H2,1H3. The maximum absolute atomic E-state index is 12.1. The number of hydrazone groups is 1. The first-order valence-corrected chi connectivity index (χ1v) is 7.26. The summed E-state index contributed by atoms with van der Waals surface area (Å²) in [5, 5.41) is 6.36. The molecule has 3 rings (SSSR count). The Hall–Kier alpha value is -1.64. The molecular weight excluding hydrogens is 236 g/mol. The zero-order chi connectivity index (χ0) is 13.2. The molecular formula is C16H20N2O. The van der Waals surface area contributed by atoms with Crippen molar-refractivity contribution in [2.24, 2.45) is 11.0 Å². The lowest BCUT2D eigenvalue weighted by atomic mass is 9.79. The minimum Gasteiger partial charge on any atom is -0.273 e. The third-order valence-electron chi connectivity index (χ3n) is 4.10. The van der Waals surface area contributed by atoms with Crippen molar-refractivity contribution in [1.82, 2.24) is 5.01 Å². The molecule has 0 fully saturated rings. The number of benzene rings is 1. The number of rotatable bonds is 3. The summed E-state index contributed by atoms with van der Waals surface area (Å²) < 4.78 is 0. The molecule has 1 aliphatic carbocycles. The minimum absolute atomic E-state index is 0.196. The predicted octanol–water partition coefficient (Wildman–Crippen LogP) is 2.99. The fraction of sp³-hybridized carbons (Fsp3) is 0.500. The van der Waals surface area contributed by atoms with Gasteiger partial charge in [0.15, 0.2) is 0 Å². The van der Waals surface area contributed by atoms with E-state index in [1.54, 1.807) is 5.01 Å². The van der Waals surface area contributed by atoms with Crippen LogP contribution in [0.25, 0.3) is 0 Å². The number of carbonyl (C=O) groups excluding carboxylic acids is 1. The van der Waals surface area contributed by atoms with Gasteiger partial charge in [0.1, 0.15) is 0 Å². The normalized spacial score (nSPS) is 21.7. The highest BCUT2D eigenvalue weighted by atomic mass is 16.2. The molecule has 1 aliphatic heterocycles. The summed E-state index contributed by atoms with van der Waals surface area (Å²) in [6, 6.07) is 8.48. The van der Waals surface area contributed by atoms with E-state index in [0.717, 1.165) is 37.9 Å². The van der Waals surface area contributed by atoms with Crippen molar-refractivity contribution in [3.8, 4) is 0 Å². The van der Waals surface area contributed by atoms with Crippen molar-refractivity contribution < 1.29 is 4.79 Å². The second-order valence-electron chi connectivity index (χ2n) is 5.45. The molecule has 0 radical (unpaired) electrons. The van der Waals surface area contributed by atoms with Gasteiger partial charge in [-0.25, -0.2) is 5.01 Å². The third kappa shape index (κ3) is 2.29. The Morgan fingerprint density at radius 2 is 2.21 bits per heavy atom. The number of nitrogens with zero attached hydrogens (tertiary/aromatic N) is 2. The van der Waals surface area contributed by atoms with E-state index in [1.165, 1.54) is 11.1 Å². The Bertz CT molecular complexity index is 521. The molecule has 1 aromatic carbocycles. The summed E-state index contributed by atoms with van der Waals surface area (Å²) in [6.45, 7) is 2.90. The second kappa shape index (κ2) is 5.16. The Labute approximate surface area is 114 Å². The molecule has 0 saturated heterocycles. The lowest BCUT2D eigenvalue weighted by Gasteiger charge is -2.33. The van der Waals surface area contributed by atoms with Crippen molar-refractivity contribution in [3.05, 3.63) is 35.4 Å². The molecule has 100 valence electrons. The summed E-state index contributed by atoms with van der Waals surface area (Å²) in [6.07, 6.45) is 4.88. The van der Waals surface area contributed by atoms with Gasteiger partial charge in [0.25, 0.3) is 0 Å². The van der Waals surface area contributed by atoms with Crippen LogP contribution in [0.3, 0.4) is 0 Å². The molecule has 0 spiro atoms. The molecule has 1 aromatic rings. The topological polar surface area (TPSA) is 32.7 Å². The smallest absolute Gasteiger partial charge is 0.243 e. The van der Waals surface area contributed by atoms with Gasteiger partial charge in [0.05, 0.1) is 5.71 Å². The molecule has 0 aromatic heterocycles. The average Bonchev–Trinajstić information content (AvgIpc) is 2.45. The number of carbonyl (C=O) groups is 1. The highest BCUT2D eigenvalue weighted by Crippen LogP contribution is 2.31. The quantitative estimate of drug-likeness (QED) is 0.818. The van der Waals surface area contributed by atoms with Crippen LogP contribution in [0.15, 0.2) is 29.4 Å². The Morgan fingerprint density at radius 3 is 3.05 bits per heavy atom. The zero-order valence-corrected chi connectivity index (χ0v) is 11.4. The first kappa shape index (κ1) is 12.4. The molecule has 3 nitrogen and oxygen atoms in total. The van der Waals surface area contributed by atoms with Crippen LogP contribution in [-0.2, 0) is 11.2 Å². The highest BCUT2D eigenvalue weighted by Gasteiger charge is 2.33. The summed E-state index contributed by atoms with van der Waals surface area (Å²) in [7, 11) is 0. The molecule has 1 amide bonds. The molecule has 0 N–H and O–H groups in total. The monoisotopic (exact) mass is 256 g/mol. The SMILES string of the molecule is CCCCN1N=C2c3ccccc3CCC2CC1=O. The van der Waals surface area contributed by atoms with Gasteiger partial charge in [-0.2, -0.15) is 5.10 Å². The molecule has 3 heteroatoms. The van der Waals surface area contributed by atoms with E-state index < -0.39 is 0 Å². The predicted molar refractivity (Wildman–Crippen MR) is 76.0 cm³/mol. The van der Waals surface area contributed by atoms with E-state index in [4.69, 9.17) is 0 Å². The van der Waals surface area contributed by atoms with Crippen LogP contribution in [0.5, 0.6) is 0 Å². The van der Waals surface area contributed by atoms with E-state index in [2.05, 4.69) is 36.3 Å². The van der Waals surface area contributed by atoms with Crippen LogP contribution < -0.4 is 0 Å². The van der Waals surface area contributed by atoms with Crippen LogP contribution in [0.1, 0.15) is 43.7 Å². The number of unbranched alkanes of at least 4 members (excludes halogenated alkanes) is 1. The highest BCUT2D eigenvalue weighted by molar-refractivity contribution is 6.07. The molecule has 19 heavy (non-hydrogen) atoms. The van der Waals surface area contributed by atoms with Gasteiger partial charge < -0.3 is 0 Å². The van der Waals surface area contributed by atoms with E-state index in [1.807, 2.05) is 0 Å². The summed E-state index contributed by atoms with van der Waals surface area (Å²) >= 11 is 0. The Morgan fingerprint density at radius 1 is 1.37 bits per heavy atom. The van der Waals surface area contributed by atoms with Gasteiger partial charge in [0.2, 0.25) is 5.91 Å². The van der Waals surface area contributed by atoms with E-state index >= 15 is 0 Å². The van der Waals surface area contributed by atoms with Gasteiger partial charge in [-0.05, 0) is 24.8 Å². The van der Waals surface area contributed by atoms with E-state index in [-0.39, 0.29) is 5.91 Å². The van der Waals surface area contributed by atoms with Gasteiger partial charge >= 0.3 is 0 Å². The molecule has 1 heterocycles. The van der Waals surface area contributed by atoms with Crippen LogP contribution in [0, 0.1) is 5.92 Å². The molecule has 1 atom stereocenters. The molecule has 0 bridgehead atoms. The summed E-state index contributed by atoms with van der Waals surface area (Å²) in [4.78, 5) is 12.1. The number of hydrogen-bond donors (Lipinski definition) is 0. The average molecular weight is 256 g/mol. The number of fused-ring (bicyclic) bond motifs is 3. The van der Waals surface area contributed by atoms with Crippen molar-refractivity contribution >= 4 is 11.6 Å². The first-order chi connectivity index (χ1) is 9.29. The maximum atomic E-state index is 12.1. The van der Waals surface area contributed by atoms with Crippen molar-refractivity contribution in [2.75, 3.05) is 6.54 Å². The van der Waals surface area contributed by atoms with Gasteiger partial charge in [-0.1, -0.05) is 37.6 Å². The minimum atomic E-state index is 0.196. The van der Waals surface area contributed by atoms with E-state index in [9.17, 15) is 4.79 Å². The van der Waals surface area contributed by atoms with Gasteiger partial charge in [-0.3, -0.25) is 4.79 Å². The summed E-state index contributed by atoms with van der Waals surface area (Å²) in [5.74, 6) is 0.529. The first-order valence-electron chi connectivity index (χ1n) is 7.26. The largest absolute Gasteiger partial charge is 0.273 e.